The molecule has 0 fully saturated rings. The topological polar surface area (TPSA) is 73.6 Å². The van der Waals surface area contributed by atoms with Gasteiger partial charge < -0.3 is 19.3 Å². The van der Waals surface area contributed by atoms with Gasteiger partial charge in [0.15, 0.2) is 11.5 Å². The van der Waals surface area contributed by atoms with Crippen molar-refractivity contribution < 1.29 is 18.8 Å². The van der Waals surface area contributed by atoms with Crippen LogP contribution in [0.3, 0.4) is 0 Å². The third-order valence-electron chi connectivity index (χ3n) is 4.62. The summed E-state index contributed by atoms with van der Waals surface area (Å²) in [6.45, 7) is 4.64. The summed E-state index contributed by atoms with van der Waals surface area (Å²) in [7, 11) is 1.56. The Morgan fingerprint density at radius 3 is 2.63 bits per heavy atom. The van der Waals surface area contributed by atoms with E-state index < -0.39 is 0 Å². The Labute approximate surface area is 180 Å². The van der Waals surface area contributed by atoms with Crippen LogP contribution >= 0.6 is 11.8 Å². The van der Waals surface area contributed by atoms with Crippen molar-refractivity contribution >= 4 is 17.7 Å². The van der Waals surface area contributed by atoms with Gasteiger partial charge in [-0.3, -0.25) is 4.79 Å². The molecule has 0 saturated carbocycles. The number of benzene rings is 2. The summed E-state index contributed by atoms with van der Waals surface area (Å²) < 4.78 is 16.4. The van der Waals surface area contributed by atoms with Crippen molar-refractivity contribution in [2.24, 2.45) is 0 Å². The molecule has 0 aliphatic heterocycles. The predicted octanol–water partition coefficient (Wildman–Crippen LogP) is 4.54. The van der Waals surface area contributed by atoms with E-state index in [1.165, 1.54) is 5.56 Å². The van der Waals surface area contributed by atoms with Gasteiger partial charge in [0, 0.05) is 23.6 Å². The Bertz CT molecular complexity index is 953. The number of carbonyl (C=O) groups is 1. The molecule has 0 atom stereocenters. The van der Waals surface area contributed by atoms with Crippen LogP contribution in [-0.2, 0) is 12.4 Å². The lowest BCUT2D eigenvalue weighted by Gasteiger charge is -2.12. The summed E-state index contributed by atoms with van der Waals surface area (Å²) in [5.74, 6) is 3.44. The summed E-state index contributed by atoms with van der Waals surface area (Å²) >= 11 is 1.79. The van der Waals surface area contributed by atoms with Crippen molar-refractivity contribution in [2.75, 3.05) is 19.4 Å². The number of aryl methyl sites for hydroxylation is 2. The van der Waals surface area contributed by atoms with Gasteiger partial charge in [-0.1, -0.05) is 35.5 Å². The molecule has 0 bridgehead atoms. The van der Waals surface area contributed by atoms with Crippen LogP contribution < -0.4 is 14.8 Å². The predicted molar refractivity (Wildman–Crippen MR) is 118 cm³/mol. The smallest absolute Gasteiger partial charge is 0.251 e. The van der Waals surface area contributed by atoms with Crippen LogP contribution in [0.2, 0.25) is 0 Å². The first-order chi connectivity index (χ1) is 14.6. The average molecular weight is 427 g/mol. The van der Waals surface area contributed by atoms with Crippen LogP contribution in [0.1, 0.15) is 32.9 Å². The highest BCUT2D eigenvalue weighted by atomic mass is 32.2. The highest BCUT2D eigenvalue weighted by Gasteiger charge is 2.14. The largest absolute Gasteiger partial charge is 0.493 e. The minimum Gasteiger partial charge on any atom is -0.493 e. The first kappa shape index (κ1) is 21.8. The Hall–Kier alpha value is -2.93. The summed E-state index contributed by atoms with van der Waals surface area (Å²) in [6.07, 6.45) is 0. The fourth-order valence-corrected chi connectivity index (χ4v) is 3.71. The molecule has 1 N–H and O–H groups in total. The molecule has 1 heterocycles. The lowest BCUT2D eigenvalue weighted by molar-refractivity contribution is 0.0955. The van der Waals surface area contributed by atoms with Crippen molar-refractivity contribution in [2.45, 2.75) is 26.2 Å². The van der Waals surface area contributed by atoms with Crippen LogP contribution in [0, 0.1) is 13.8 Å². The number of amides is 1. The molecular weight excluding hydrogens is 400 g/mol. The van der Waals surface area contributed by atoms with Crippen molar-refractivity contribution in [1.82, 2.24) is 10.5 Å². The average Bonchev–Trinajstić information content (AvgIpc) is 3.09. The van der Waals surface area contributed by atoms with Gasteiger partial charge in [-0.15, -0.1) is 0 Å². The van der Waals surface area contributed by atoms with Crippen LogP contribution in [-0.4, -0.2) is 30.5 Å². The second-order valence-electron chi connectivity index (χ2n) is 6.75. The van der Waals surface area contributed by atoms with E-state index in [1.54, 1.807) is 37.1 Å². The maximum atomic E-state index is 12.5. The van der Waals surface area contributed by atoms with E-state index in [4.69, 9.17) is 14.0 Å². The summed E-state index contributed by atoms with van der Waals surface area (Å²) in [5.41, 5.74) is 3.52. The first-order valence-electron chi connectivity index (χ1n) is 9.71. The third kappa shape index (κ3) is 5.79. The zero-order valence-corrected chi connectivity index (χ0v) is 18.3. The van der Waals surface area contributed by atoms with Gasteiger partial charge in [-0.25, -0.2) is 0 Å². The number of carbonyl (C=O) groups excluding carboxylic acids is 1. The summed E-state index contributed by atoms with van der Waals surface area (Å²) in [4.78, 5) is 12.5. The highest BCUT2D eigenvalue weighted by Crippen LogP contribution is 2.29. The number of methoxy groups -OCH3 is 1. The maximum Gasteiger partial charge on any atom is 0.251 e. The number of hydrogen-bond donors (Lipinski definition) is 1. The Morgan fingerprint density at radius 1 is 1.13 bits per heavy atom. The summed E-state index contributed by atoms with van der Waals surface area (Å²) in [5, 5.41) is 6.87. The van der Waals surface area contributed by atoms with E-state index in [2.05, 4.69) is 22.6 Å². The molecule has 0 saturated heterocycles. The minimum absolute atomic E-state index is 0.133. The summed E-state index contributed by atoms with van der Waals surface area (Å²) in [6, 6.07) is 15.5. The fourth-order valence-electron chi connectivity index (χ4n) is 2.89. The second-order valence-corrected chi connectivity index (χ2v) is 7.86. The molecule has 0 aliphatic carbocycles. The van der Waals surface area contributed by atoms with Crippen molar-refractivity contribution in [1.29, 1.82) is 0 Å². The quantitative estimate of drug-likeness (QED) is 0.480. The first-order valence-corrected chi connectivity index (χ1v) is 10.9. The Morgan fingerprint density at radius 2 is 1.93 bits per heavy atom. The fraction of sp³-hybridized carbons (Fsp3) is 0.304. The molecule has 1 amide bonds. The third-order valence-corrected chi connectivity index (χ3v) is 5.65. The van der Waals surface area contributed by atoms with E-state index >= 15 is 0 Å². The van der Waals surface area contributed by atoms with Gasteiger partial charge in [0.1, 0.15) is 12.4 Å². The Balaban J connectivity index is 1.50. The van der Waals surface area contributed by atoms with Gasteiger partial charge >= 0.3 is 0 Å². The van der Waals surface area contributed by atoms with Crippen molar-refractivity contribution in [3.05, 3.63) is 76.7 Å². The van der Waals surface area contributed by atoms with E-state index in [-0.39, 0.29) is 5.91 Å². The zero-order valence-electron chi connectivity index (χ0n) is 17.4. The molecule has 6 nitrogen and oxygen atoms in total. The minimum atomic E-state index is -0.133. The molecule has 2 aromatic carbocycles. The highest BCUT2D eigenvalue weighted by molar-refractivity contribution is 7.98. The molecule has 158 valence electrons. The number of nitrogens with zero attached hydrogens (tertiary/aromatic N) is 1. The lowest BCUT2D eigenvalue weighted by Crippen LogP contribution is -2.25. The normalized spacial score (nSPS) is 10.6. The SMILES string of the molecule is COc1cc(C(=O)NCCSCc2ccccc2)ccc1OCc1c(C)noc1C. The zero-order chi connectivity index (χ0) is 21.3. The van der Waals surface area contributed by atoms with Crippen LogP contribution in [0.5, 0.6) is 11.5 Å². The standard InChI is InChI=1S/C23H26N2O4S/c1-16-20(17(2)29-25-16)14-28-21-10-9-19(13-22(21)27-3)23(26)24-11-12-30-15-18-7-5-4-6-8-18/h4-10,13H,11-12,14-15H2,1-3H3,(H,24,26). The molecule has 3 rings (SSSR count). The van der Waals surface area contributed by atoms with E-state index in [1.807, 2.05) is 32.0 Å². The molecule has 0 spiro atoms. The van der Waals surface area contributed by atoms with Gasteiger partial charge in [-0.2, -0.15) is 11.8 Å². The maximum absolute atomic E-state index is 12.5. The molecule has 30 heavy (non-hydrogen) atoms. The van der Waals surface area contributed by atoms with Gasteiger partial charge in [0.25, 0.3) is 5.91 Å². The molecule has 7 heteroatoms. The molecule has 3 aromatic rings. The molecule has 0 aliphatic rings. The second kappa shape index (κ2) is 10.7. The van der Waals surface area contributed by atoms with Crippen molar-refractivity contribution in [3.63, 3.8) is 0 Å². The van der Waals surface area contributed by atoms with Gasteiger partial charge in [0.05, 0.1) is 18.4 Å². The van der Waals surface area contributed by atoms with Crippen LogP contribution in [0.25, 0.3) is 0 Å². The molecular formula is C23H26N2O4S. The monoisotopic (exact) mass is 426 g/mol. The number of aromatic nitrogens is 1. The molecule has 0 unspecified atom stereocenters. The van der Waals surface area contributed by atoms with E-state index in [9.17, 15) is 4.79 Å². The van der Waals surface area contributed by atoms with E-state index in [0.29, 0.717) is 30.2 Å². The van der Waals surface area contributed by atoms with Gasteiger partial charge in [0.2, 0.25) is 0 Å². The number of thioether (sulfide) groups is 1. The number of hydrogen-bond acceptors (Lipinski definition) is 6. The Kier molecular flexibility index (Phi) is 7.79. The van der Waals surface area contributed by atoms with E-state index in [0.717, 1.165) is 28.5 Å². The number of nitrogens with one attached hydrogen (secondary N) is 1. The molecule has 0 radical (unpaired) electrons. The van der Waals surface area contributed by atoms with Crippen LogP contribution in [0.4, 0.5) is 0 Å². The van der Waals surface area contributed by atoms with Gasteiger partial charge in [-0.05, 0) is 37.6 Å². The van der Waals surface area contributed by atoms with Crippen LogP contribution in [0.15, 0.2) is 53.1 Å². The number of rotatable bonds is 10. The van der Waals surface area contributed by atoms with Crippen molar-refractivity contribution in [3.8, 4) is 11.5 Å². The molecule has 1 aromatic heterocycles. The lowest BCUT2D eigenvalue weighted by atomic mass is 10.2. The number of ether oxygens (including phenoxy) is 2.